The van der Waals surface area contributed by atoms with Crippen LogP contribution in [0.4, 0.5) is 11.4 Å². The van der Waals surface area contributed by atoms with Gasteiger partial charge in [0.25, 0.3) is 11.8 Å². The predicted octanol–water partition coefficient (Wildman–Crippen LogP) is 7.08. The van der Waals surface area contributed by atoms with E-state index in [1.165, 1.54) is 11.1 Å². The average Bonchev–Trinajstić information content (AvgIpc) is 3.89. The predicted molar refractivity (Wildman–Crippen MR) is 260 cm³/mol. The lowest BCUT2D eigenvalue weighted by Crippen LogP contribution is -2.39. The van der Waals surface area contributed by atoms with Crippen LogP contribution in [0, 0.1) is 0 Å². The summed E-state index contributed by atoms with van der Waals surface area (Å²) in [5.41, 5.74) is 5.45. The number of ether oxygens (including phenoxy) is 8. The molecule has 17 heteroatoms. The van der Waals surface area contributed by atoms with Gasteiger partial charge in [-0.25, -0.2) is 0 Å². The molecule has 2 amide bonds. The minimum Gasteiger partial charge on any atom is -0.493 e. The van der Waals surface area contributed by atoms with Crippen molar-refractivity contribution in [3.63, 3.8) is 0 Å². The van der Waals surface area contributed by atoms with Crippen LogP contribution in [0.25, 0.3) is 0 Å². The van der Waals surface area contributed by atoms with E-state index >= 15 is 0 Å². The fourth-order valence-corrected chi connectivity index (χ4v) is 8.65. The number of allylic oxidation sites excluding steroid dienone is 2. The molecule has 2 atom stereocenters. The summed E-state index contributed by atoms with van der Waals surface area (Å²) < 4.78 is 46.9. The molecule has 3 aromatic rings. The summed E-state index contributed by atoms with van der Waals surface area (Å²) in [5, 5.41) is 0. The lowest BCUT2D eigenvalue weighted by molar-refractivity contribution is 0.0184. The summed E-state index contributed by atoms with van der Waals surface area (Å²) in [5.74, 6) is 1.99. The van der Waals surface area contributed by atoms with Crippen LogP contribution in [-0.2, 0) is 27.4 Å². The quantitative estimate of drug-likeness (QED) is 0.0587. The summed E-state index contributed by atoms with van der Waals surface area (Å²) in [6.45, 7) is 14.3. The molecule has 4 aliphatic rings. The Hall–Kier alpha value is -5.46. The Bertz CT molecular complexity index is 2230. The molecule has 67 heavy (non-hydrogen) atoms. The Kier molecular flexibility index (Phi) is 17.0. The van der Waals surface area contributed by atoms with Crippen molar-refractivity contribution in [2.75, 3.05) is 93.7 Å². The average molecular weight is 941 g/mol. The van der Waals surface area contributed by atoms with Gasteiger partial charge in [-0.15, -0.1) is 0 Å². The highest BCUT2D eigenvalue weighted by Crippen LogP contribution is 2.41. The molecule has 2 fully saturated rings. The summed E-state index contributed by atoms with van der Waals surface area (Å²) in [7, 11) is 4.73. The number of benzene rings is 2. The van der Waals surface area contributed by atoms with E-state index in [1.807, 2.05) is 48.2 Å². The first-order valence-electron chi connectivity index (χ1n) is 22.8. The Labute approximate surface area is 399 Å². The first kappa shape index (κ1) is 49.4. The highest BCUT2D eigenvalue weighted by molar-refractivity contribution is 7.81. The number of aromatic nitrogens is 1. The van der Waals surface area contributed by atoms with Crippen LogP contribution in [-0.4, -0.2) is 154 Å². The van der Waals surface area contributed by atoms with E-state index in [-0.39, 0.29) is 41.9 Å². The Balaban J connectivity index is 1.09. The van der Waals surface area contributed by atoms with E-state index in [0.29, 0.717) is 135 Å². The van der Waals surface area contributed by atoms with Crippen molar-refractivity contribution in [2.45, 2.75) is 70.6 Å². The number of carbonyl (C=O) groups is 2. The second kappa shape index (κ2) is 23.0. The molecule has 0 spiro atoms. The van der Waals surface area contributed by atoms with E-state index in [0.717, 1.165) is 12.8 Å². The fraction of sp³-hybridized carbons (Fsp3) is 0.500. The standard InChI is InChI=1S/C50H64N6O10S/c1-8-33-18-37-26-51-42-24-46(44(60-6)22-40(42)48(57)55(37)28-33)65-30-35-20-39(64-13-11-54(32-50(3,4)67)10-12-62-16-17-63-15-14-59-5)21-36(53-35)31-66-47-25-43-41(23-45(47)61-7)49(58)56-29-34(9-2)19-38(56)27-52-43/h8-9,20-27,37-38,67H,10-19,28-32H2,1-7H3/b33-8+,34-9+. The number of methoxy groups -OCH3 is 3. The van der Waals surface area contributed by atoms with E-state index in [2.05, 4.69) is 30.9 Å². The molecule has 0 aliphatic carbocycles. The van der Waals surface area contributed by atoms with E-state index < -0.39 is 0 Å². The Morgan fingerprint density at radius 3 is 1.64 bits per heavy atom. The fourth-order valence-electron chi connectivity index (χ4n) is 8.45. The SMILES string of the molecule is C/C=C1\CC2C=Nc3cc(OCc4cc(OCCN(CCOCCOCCOC)CC(C)(C)S)cc(COc5cc6c(cc5OC)C(=O)N5C/C(=C/C)CC5C=N6)n4)c(OC)cc3C(=O)N2C1. The smallest absolute Gasteiger partial charge is 0.257 e. The van der Waals surface area contributed by atoms with Crippen LogP contribution in [0.15, 0.2) is 69.7 Å². The summed E-state index contributed by atoms with van der Waals surface area (Å²) in [4.78, 5) is 47.8. The molecule has 0 radical (unpaired) electrons. The highest BCUT2D eigenvalue weighted by atomic mass is 32.1. The number of amides is 2. The van der Waals surface area contributed by atoms with Crippen LogP contribution in [0.3, 0.4) is 0 Å². The third-order valence-electron chi connectivity index (χ3n) is 11.9. The normalized spacial score (nSPS) is 18.8. The zero-order chi connectivity index (χ0) is 47.5. The zero-order valence-corrected chi connectivity index (χ0v) is 40.6. The van der Waals surface area contributed by atoms with Gasteiger partial charge >= 0.3 is 0 Å². The molecule has 5 heterocycles. The Morgan fingerprint density at radius 1 is 0.672 bits per heavy atom. The summed E-state index contributed by atoms with van der Waals surface area (Å²) >= 11 is 4.81. The molecule has 1 aromatic heterocycles. The van der Waals surface area contributed by atoms with E-state index in [9.17, 15) is 9.59 Å². The Morgan fingerprint density at radius 2 is 1.16 bits per heavy atom. The minimum atomic E-state index is -0.251. The van der Waals surface area contributed by atoms with Crippen LogP contribution < -0.4 is 23.7 Å². The highest BCUT2D eigenvalue weighted by Gasteiger charge is 2.36. The van der Waals surface area contributed by atoms with Crippen molar-refractivity contribution in [1.82, 2.24) is 19.7 Å². The first-order chi connectivity index (χ1) is 32.4. The van der Waals surface area contributed by atoms with Crippen molar-refractivity contribution in [3.05, 3.63) is 82.2 Å². The number of thiol groups is 1. The number of fused-ring (bicyclic) bond motifs is 4. The van der Waals surface area contributed by atoms with Crippen molar-refractivity contribution in [2.24, 2.45) is 9.98 Å². The van der Waals surface area contributed by atoms with Crippen LogP contribution >= 0.6 is 12.6 Å². The van der Waals surface area contributed by atoms with Gasteiger partial charge in [-0.1, -0.05) is 23.3 Å². The van der Waals surface area contributed by atoms with Crippen LogP contribution in [0.1, 0.15) is 72.6 Å². The number of rotatable bonds is 23. The number of aliphatic imine (C=N–C) groups is 2. The van der Waals surface area contributed by atoms with E-state index in [1.54, 1.807) is 45.6 Å². The third kappa shape index (κ3) is 12.8. The molecular formula is C50H64N6O10S. The topological polar surface area (TPSA) is 155 Å². The molecule has 0 N–H and O–H groups in total. The molecule has 2 saturated heterocycles. The zero-order valence-electron chi connectivity index (χ0n) is 39.7. The number of hydrogen-bond donors (Lipinski definition) is 1. The first-order valence-corrected chi connectivity index (χ1v) is 23.2. The van der Waals surface area contributed by atoms with Gasteiger partial charge in [0, 0.05) is 81.3 Å². The molecule has 7 rings (SSSR count). The second-order valence-electron chi connectivity index (χ2n) is 17.4. The van der Waals surface area contributed by atoms with Gasteiger partial charge in [0.15, 0.2) is 23.0 Å². The summed E-state index contributed by atoms with van der Waals surface area (Å²) in [6.07, 6.45) is 9.31. The maximum atomic E-state index is 13.7. The lowest BCUT2D eigenvalue weighted by atomic mass is 10.1. The maximum absolute atomic E-state index is 13.7. The number of hydrogen-bond acceptors (Lipinski definition) is 15. The van der Waals surface area contributed by atoms with Gasteiger partial charge in [-0.05, 0) is 52.7 Å². The van der Waals surface area contributed by atoms with Crippen molar-refractivity contribution < 1.29 is 47.5 Å². The number of carbonyl (C=O) groups excluding carboxylic acids is 2. The van der Waals surface area contributed by atoms with Gasteiger partial charge in [-0.2, -0.15) is 12.6 Å². The lowest BCUT2D eigenvalue weighted by Gasteiger charge is -2.29. The molecular weight excluding hydrogens is 877 g/mol. The maximum Gasteiger partial charge on any atom is 0.257 e. The molecule has 16 nitrogen and oxygen atoms in total. The molecule has 2 aromatic carbocycles. The van der Waals surface area contributed by atoms with E-state index in [4.69, 9.17) is 65.5 Å². The number of pyridine rings is 1. The molecule has 4 aliphatic heterocycles. The monoisotopic (exact) mass is 940 g/mol. The van der Waals surface area contributed by atoms with Gasteiger partial charge in [0.2, 0.25) is 0 Å². The largest absolute Gasteiger partial charge is 0.493 e. The van der Waals surface area contributed by atoms with Crippen molar-refractivity contribution >= 4 is 48.2 Å². The molecule has 360 valence electrons. The summed E-state index contributed by atoms with van der Waals surface area (Å²) in [6, 6.07) is 10.3. The third-order valence-corrected chi connectivity index (χ3v) is 12.1. The second-order valence-corrected chi connectivity index (χ2v) is 18.6. The van der Waals surface area contributed by atoms with Gasteiger partial charge in [0.1, 0.15) is 25.6 Å². The number of nitrogens with zero attached hydrogens (tertiary/aromatic N) is 6. The van der Waals surface area contributed by atoms with Gasteiger partial charge in [0.05, 0.1) is 93.2 Å². The molecule has 2 unspecified atom stereocenters. The van der Waals surface area contributed by atoms with Crippen molar-refractivity contribution in [3.8, 4) is 28.7 Å². The minimum absolute atomic E-state index is 0.0362. The van der Waals surface area contributed by atoms with Crippen LogP contribution in [0.2, 0.25) is 0 Å². The van der Waals surface area contributed by atoms with Crippen molar-refractivity contribution in [1.29, 1.82) is 0 Å². The van der Waals surface area contributed by atoms with Crippen LogP contribution in [0.5, 0.6) is 28.7 Å². The van der Waals surface area contributed by atoms with Gasteiger partial charge in [-0.3, -0.25) is 29.5 Å². The molecule has 0 saturated carbocycles. The van der Waals surface area contributed by atoms with Gasteiger partial charge < -0.3 is 47.7 Å². The molecule has 0 bridgehead atoms.